The van der Waals surface area contributed by atoms with E-state index in [4.69, 9.17) is 11.6 Å². The zero-order valence-electron chi connectivity index (χ0n) is 10.8. The van der Waals surface area contributed by atoms with Crippen LogP contribution in [0.25, 0.3) is 0 Å². The SMILES string of the molecule is CSc1ccc(NS(=O)(=O)Cc2ccccc2Cl)cc1. The number of hydrogen-bond donors (Lipinski definition) is 1. The lowest BCUT2D eigenvalue weighted by atomic mass is 10.2. The number of halogens is 1. The summed E-state index contributed by atoms with van der Waals surface area (Å²) < 4.78 is 26.8. The highest BCUT2D eigenvalue weighted by atomic mass is 35.5. The van der Waals surface area contributed by atoms with E-state index in [0.717, 1.165) is 4.90 Å². The highest BCUT2D eigenvalue weighted by Gasteiger charge is 2.13. The van der Waals surface area contributed by atoms with Crippen molar-refractivity contribution in [1.29, 1.82) is 0 Å². The van der Waals surface area contributed by atoms with Gasteiger partial charge in [-0.25, -0.2) is 8.42 Å². The molecule has 0 aliphatic heterocycles. The van der Waals surface area contributed by atoms with Crippen molar-refractivity contribution in [3.05, 3.63) is 59.1 Å². The van der Waals surface area contributed by atoms with Crippen molar-refractivity contribution in [2.24, 2.45) is 0 Å². The summed E-state index contributed by atoms with van der Waals surface area (Å²) in [5.41, 5.74) is 1.14. The lowest BCUT2D eigenvalue weighted by Crippen LogP contribution is -2.15. The van der Waals surface area contributed by atoms with Crippen LogP contribution in [0.3, 0.4) is 0 Å². The molecule has 0 aliphatic rings. The molecular formula is C14H14ClNO2S2. The van der Waals surface area contributed by atoms with Gasteiger partial charge in [0.2, 0.25) is 10.0 Å². The molecule has 2 aromatic carbocycles. The third-order valence-corrected chi connectivity index (χ3v) is 5.02. The third-order valence-electron chi connectivity index (χ3n) is 2.67. The molecule has 6 heteroatoms. The molecule has 0 heterocycles. The molecule has 106 valence electrons. The molecule has 0 aliphatic carbocycles. The van der Waals surface area contributed by atoms with Crippen LogP contribution in [-0.4, -0.2) is 14.7 Å². The summed E-state index contributed by atoms with van der Waals surface area (Å²) in [4.78, 5) is 1.08. The maximum atomic E-state index is 12.1. The first-order valence-corrected chi connectivity index (χ1v) is 9.13. The Kier molecular flexibility index (Phi) is 4.96. The second-order valence-corrected chi connectivity index (χ2v) is 7.19. The first-order chi connectivity index (χ1) is 9.50. The van der Waals surface area contributed by atoms with Crippen molar-refractivity contribution in [3.63, 3.8) is 0 Å². The van der Waals surface area contributed by atoms with Gasteiger partial charge in [0.25, 0.3) is 0 Å². The van der Waals surface area contributed by atoms with Crippen molar-refractivity contribution in [1.82, 2.24) is 0 Å². The zero-order chi connectivity index (χ0) is 14.6. The van der Waals surface area contributed by atoms with E-state index in [1.807, 2.05) is 18.4 Å². The zero-order valence-corrected chi connectivity index (χ0v) is 13.2. The molecule has 0 atom stereocenters. The molecule has 0 bridgehead atoms. The minimum absolute atomic E-state index is 0.142. The second-order valence-electron chi connectivity index (χ2n) is 4.18. The van der Waals surface area contributed by atoms with Crippen LogP contribution in [-0.2, 0) is 15.8 Å². The van der Waals surface area contributed by atoms with E-state index < -0.39 is 10.0 Å². The Balaban J connectivity index is 2.13. The Labute approximate surface area is 128 Å². The van der Waals surface area contributed by atoms with Gasteiger partial charge in [-0.3, -0.25) is 4.72 Å². The molecule has 2 rings (SSSR count). The largest absolute Gasteiger partial charge is 0.283 e. The molecule has 0 spiro atoms. The first kappa shape index (κ1) is 15.2. The van der Waals surface area contributed by atoms with Crippen LogP contribution in [0.15, 0.2) is 53.4 Å². The average Bonchev–Trinajstić information content (AvgIpc) is 2.41. The average molecular weight is 328 g/mol. The first-order valence-electron chi connectivity index (χ1n) is 5.88. The fourth-order valence-electron chi connectivity index (χ4n) is 1.69. The Hall–Kier alpha value is -1.17. The molecule has 2 aromatic rings. The van der Waals surface area contributed by atoms with Crippen LogP contribution in [0.1, 0.15) is 5.56 Å². The van der Waals surface area contributed by atoms with Crippen LogP contribution in [0.4, 0.5) is 5.69 Å². The fraction of sp³-hybridized carbons (Fsp3) is 0.143. The van der Waals surface area contributed by atoms with Crippen molar-refractivity contribution in [2.75, 3.05) is 11.0 Å². The highest BCUT2D eigenvalue weighted by Crippen LogP contribution is 2.21. The van der Waals surface area contributed by atoms with E-state index in [1.54, 1.807) is 48.2 Å². The number of rotatable bonds is 5. The van der Waals surface area contributed by atoms with E-state index in [9.17, 15) is 8.42 Å². The summed E-state index contributed by atoms with van der Waals surface area (Å²) in [5.74, 6) is -0.142. The predicted octanol–water partition coefficient (Wildman–Crippen LogP) is 4.00. The van der Waals surface area contributed by atoms with E-state index in [2.05, 4.69) is 4.72 Å². The third kappa shape index (κ3) is 4.16. The van der Waals surface area contributed by atoms with Gasteiger partial charge >= 0.3 is 0 Å². The minimum Gasteiger partial charge on any atom is -0.283 e. The Bertz CT molecular complexity index is 685. The van der Waals surface area contributed by atoms with Gasteiger partial charge < -0.3 is 0 Å². The van der Waals surface area contributed by atoms with Crippen LogP contribution >= 0.6 is 23.4 Å². The summed E-state index contributed by atoms with van der Waals surface area (Å²) in [6.45, 7) is 0. The number of hydrogen-bond acceptors (Lipinski definition) is 3. The van der Waals surface area contributed by atoms with Gasteiger partial charge in [-0.05, 0) is 42.2 Å². The molecule has 0 fully saturated rings. The van der Waals surface area contributed by atoms with Crippen molar-refractivity contribution >= 4 is 39.1 Å². The molecule has 0 saturated heterocycles. The summed E-state index contributed by atoms with van der Waals surface area (Å²) >= 11 is 7.58. The number of sulfonamides is 1. The molecule has 0 amide bonds. The fourth-order valence-corrected chi connectivity index (χ4v) is 3.61. The molecule has 3 nitrogen and oxygen atoms in total. The van der Waals surface area contributed by atoms with Gasteiger partial charge in [0.1, 0.15) is 0 Å². The summed E-state index contributed by atoms with van der Waals surface area (Å²) in [5, 5.41) is 0.454. The second kappa shape index (κ2) is 6.52. The van der Waals surface area contributed by atoms with Crippen LogP contribution in [0, 0.1) is 0 Å². The van der Waals surface area contributed by atoms with Gasteiger partial charge in [0.15, 0.2) is 0 Å². The topological polar surface area (TPSA) is 46.2 Å². The van der Waals surface area contributed by atoms with Gasteiger partial charge in [-0.1, -0.05) is 29.8 Å². The van der Waals surface area contributed by atoms with Crippen molar-refractivity contribution in [3.8, 4) is 0 Å². The molecule has 0 unspecified atom stereocenters. The Morgan fingerprint density at radius 3 is 2.35 bits per heavy atom. The maximum absolute atomic E-state index is 12.1. The predicted molar refractivity (Wildman–Crippen MR) is 85.9 cm³/mol. The lowest BCUT2D eigenvalue weighted by Gasteiger charge is -2.09. The van der Waals surface area contributed by atoms with Gasteiger partial charge in [0, 0.05) is 15.6 Å². The summed E-state index contributed by atoms with van der Waals surface area (Å²) in [6, 6.07) is 14.2. The molecule has 0 aromatic heterocycles. The Morgan fingerprint density at radius 1 is 1.10 bits per heavy atom. The maximum Gasteiger partial charge on any atom is 0.236 e. The molecule has 1 N–H and O–H groups in total. The summed E-state index contributed by atoms with van der Waals surface area (Å²) in [6.07, 6.45) is 1.97. The minimum atomic E-state index is -3.47. The molecular weight excluding hydrogens is 314 g/mol. The smallest absolute Gasteiger partial charge is 0.236 e. The van der Waals surface area contributed by atoms with E-state index in [1.165, 1.54) is 0 Å². The standard InChI is InChI=1S/C14H14ClNO2S2/c1-19-13-8-6-12(7-9-13)16-20(17,18)10-11-4-2-3-5-14(11)15/h2-9,16H,10H2,1H3. The van der Waals surface area contributed by atoms with Crippen LogP contribution < -0.4 is 4.72 Å². The number of benzene rings is 2. The van der Waals surface area contributed by atoms with Crippen LogP contribution in [0.2, 0.25) is 5.02 Å². The number of thioether (sulfide) groups is 1. The van der Waals surface area contributed by atoms with E-state index in [0.29, 0.717) is 16.3 Å². The van der Waals surface area contributed by atoms with Crippen molar-refractivity contribution < 1.29 is 8.42 Å². The molecule has 20 heavy (non-hydrogen) atoms. The van der Waals surface area contributed by atoms with Crippen LogP contribution in [0.5, 0.6) is 0 Å². The van der Waals surface area contributed by atoms with Gasteiger partial charge in [-0.2, -0.15) is 0 Å². The molecule has 0 saturated carbocycles. The molecule has 0 radical (unpaired) electrons. The monoisotopic (exact) mass is 327 g/mol. The quantitative estimate of drug-likeness (QED) is 0.844. The normalized spacial score (nSPS) is 11.3. The van der Waals surface area contributed by atoms with E-state index >= 15 is 0 Å². The highest BCUT2D eigenvalue weighted by molar-refractivity contribution is 7.98. The van der Waals surface area contributed by atoms with Gasteiger partial charge in [0.05, 0.1) is 5.75 Å². The lowest BCUT2D eigenvalue weighted by molar-refractivity contribution is 0.600. The number of nitrogens with one attached hydrogen (secondary N) is 1. The van der Waals surface area contributed by atoms with Gasteiger partial charge in [-0.15, -0.1) is 11.8 Å². The van der Waals surface area contributed by atoms with Crippen molar-refractivity contribution in [2.45, 2.75) is 10.6 Å². The van der Waals surface area contributed by atoms with E-state index in [-0.39, 0.29) is 5.75 Å². The summed E-state index contributed by atoms with van der Waals surface area (Å²) in [7, 11) is -3.47. The number of anilines is 1. The Morgan fingerprint density at radius 2 is 1.75 bits per heavy atom.